The summed E-state index contributed by atoms with van der Waals surface area (Å²) in [5.41, 5.74) is 8.70. The van der Waals surface area contributed by atoms with Gasteiger partial charge < -0.3 is 10.5 Å². The molecule has 3 nitrogen and oxygen atoms in total. The number of ether oxygens (including phenoxy) is 1. The second-order valence-electron chi connectivity index (χ2n) is 4.02. The van der Waals surface area contributed by atoms with Gasteiger partial charge in [0.25, 0.3) is 0 Å². The van der Waals surface area contributed by atoms with Gasteiger partial charge in [0.1, 0.15) is 4.88 Å². The molecule has 1 aromatic heterocycles. The molecule has 19 heavy (non-hydrogen) atoms. The number of anilines is 1. The standard InChI is InChI=1S/C14H14ClNO2S/c1-3-18-14(17)12-8(2)11(13(16)19-12)9-4-6-10(15)7-5-9/h4-7H,3,16H2,1-2H3. The number of nitrogen functional groups attached to an aromatic ring is 1. The molecule has 0 spiro atoms. The van der Waals surface area contributed by atoms with E-state index in [1.807, 2.05) is 19.1 Å². The number of benzene rings is 1. The van der Waals surface area contributed by atoms with Crippen LogP contribution in [0.3, 0.4) is 0 Å². The highest BCUT2D eigenvalue weighted by Gasteiger charge is 2.20. The van der Waals surface area contributed by atoms with Gasteiger partial charge >= 0.3 is 5.97 Å². The Kier molecular flexibility index (Phi) is 4.12. The largest absolute Gasteiger partial charge is 0.462 e. The molecule has 1 heterocycles. The molecule has 5 heteroatoms. The fraction of sp³-hybridized carbons (Fsp3) is 0.214. The molecule has 2 rings (SSSR count). The van der Waals surface area contributed by atoms with E-state index < -0.39 is 0 Å². The second kappa shape index (κ2) is 5.63. The van der Waals surface area contributed by atoms with E-state index in [0.29, 0.717) is 21.5 Å². The average molecular weight is 296 g/mol. The molecule has 0 unspecified atom stereocenters. The van der Waals surface area contributed by atoms with E-state index in [1.165, 1.54) is 11.3 Å². The van der Waals surface area contributed by atoms with Crippen molar-refractivity contribution in [2.45, 2.75) is 13.8 Å². The maximum absolute atomic E-state index is 11.8. The SMILES string of the molecule is CCOC(=O)c1sc(N)c(-c2ccc(Cl)cc2)c1C. The molecular formula is C14H14ClNO2S. The zero-order valence-electron chi connectivity index (χ0n) is 10.7. The fourth-order valence-electron chi connectivity index (χ4n) is 1.90. The third-order valence-electron chi connectivity index (χ3n) is 2.77. The van der Waals surface area contributed by atoms with Gasteiger partial charge in [0.05, 0.1) is 11.6 Å². The highest BCUT2D eigenvalue weighted by molar-refractivity contribution is 7.18. The minimum Gasteiger partial charge on any atom is -0.462 e. The number of rotatable bonds is 3. The number of carbonyl (C=O) groups excluding carboxylic acids is 1. The van der Waals surface area contributed by atoms with Crippen molar-refractivity contribution < 1.29 is 9.53 Å². The molecule has 0 bridgehead atoms. The first-order chi connectivity index (χ1) is 9.04. The lowest BCUT2D eigenvalue weighted by Crippen LogP contribution is -2.03. The van der Waals surface area contributed by atoms with Crippen molar-refractivity contribution in [3.05, 3.63) is 39.7 Å². The molecule has 0 aliphatic carbocycles. The zero-order valence-corrected chi connectivity index (χ0v) is 12.3. The molecule has 0 saturated heterocycles. The van der Waals surface area contributed by atoms with Gasteiger partial charge in [0, 0.05) is 10.6 Å². The molecule has 0 fully saturated rings. The smallest absolute Gasteiger partial charge is 0.348 e. The number of hydrogen-bond donors (Lipinski definition) is 1. The molecular weight excluding hydrogens is 282 g/mol. The summed E-state index contributed by atoms with van der Waals surface area (Å²) in [6, 6.07) is 7.39. The van der Waals surface area contributed by atoms with E-state index in [1.54, 1.807) is 19.1 Å². The molecule has 2 aromatic rings. The van der Waals surface area contributed by atoms with Gasteiger partial charge in [0.15, 0.2) is 0 Å². The van der Waals surface area contributed by atoms with Gasteiger partial charge in [0.2, 0.25) is 0 Å². The maximum atomic E-state index is 11.8. The monoisotopic (exact) mass is 295 g/mol. The van der Waals surface area contributed by atoms with Gasteiger partial charge in [-0.1, -0.05) is 23.7 Å². The van der Waals surface area contributed by atoms with Crippen LogP contribution >= 0.6 is 22.9 Å². The molecule has 2 N–H and O–H groups in total. The van der Waals surface area contributed by atoms with E-state index in [2.05, 4.69) is 0 Å². The maximum Gasteiger partial charge on any atom is 0.348 e. The van der Waals surface area contributed by atoms with Crippen molar-refractivity contribution in [2.75, 3.05) is 12.3 Å². The number of esters is 1. The second-order valence-corrected chi connectivity index (χ2v) is 5.51. The first-order valence-corrected chi connectivity index (χ1v) is 7.06. The zero-order chi connectivity index (χ0) is 14.0. The van der Waals surface area contributed by atoms with Gasteiger partial charge in [-0.2, -0.15) is 0 Å². The van der Waals surface area contributed by atoms with Crippen molar-refractivity contribution in [3.63, 3.8) is 0 Å². The normalized spacial score (nSPS) is 10.5. The lowest BCUT2D eigenvalue weighted by Gasteiger charge is -2.04. The molecule has 0 aliphatic rings. The van der Waals surface area contributed by atoms with E-state index in [0.717, 1.165) is 16.7 Å². The summed E-state index contributed by atoms with van der Waals surface area (Å²) < 4.78 is 5.03. The Morgan fingerprint density at radius 2 is 2.00 bits per heavy atom. The van der Waals surface area contributed by atoms with Crippen LogP contribution in [0.15, 0.2) is 24.3 Å². The van der Waals surface area contributed by atoms with Gasteiger partial charge in [-0.25, -0.2) is 4.79 Å². The van der Waals surface area contributed by atoms with Crippen LogP contribution in [-0.2, 0) is 4.74 Å². The van der Waals surface area contributed by atoms with Crippen molar-refractivity contribution in [1.29, 1.82) is 0 Å². The van der Waals surface area contributed by atoms with Gasteiger partial charge in [-0.15, -0.1) is 11.3 Å². The summed E-state index contributed by atoms with van der Waals surface area (Å²) >= 11 is 7.13. The van der Waals surface area contributed by atoms with Crippen LogP contribution in [0.5, 0.6) is 0 Å². The number of nitrogens with two attached hydrogens (primary N) is 1. The minimum absolute atomic E-state index is 0.322. The highest BCUT2D eigenvalue weighted by Crippen LogP contribution is 2.39. The van der Waals surface area contributed by atoms with E-state index in [9.17, 15) is 4.79 Å². The topological polar surface area (TPSA) is 52.3 Å². The summed E-state index contributed by atoms with van der Waals surface area (Å²) in [5.74, 6) is -0.322. The number of hydrogen-bond acceptors (Lipinski definition) is 4. The van der Waals surface area contributed by atoms with Crippen LogP contribution in [0.2, 0.25) is 5.02 Å². The molecule has 1 aromatic carbocycles. The Hall–Kier alpha value is -1.52. The minimum atomic E-state index is -0.322. The third kappa shape index (κ3) is 2.74. The summed E-state index contributed by atoms with van der Waals surface area (Å²) in [6.45, 7) is 4.01. The molecule has 0 radical (unpaired) electrons. The highest BCUT2D eigenvalue weighted by atomic mass is 35.5. The third-order valence-corrected chi connectivity index (χ3v) is 4.12. The quantitative estimate of drug-likeness (QED) is 0.866. The molecule has 100 valence electrons. The van der Waals surface area contributed by atoms with Crippen LogP contribution in [0.1, 0.15) is 22.2 Å². The first kappa shape index (κ1) is 13.9. The number of carbonyl (C=O) groups is 1. The lowest BCUT2D eigenvalue weighted by atomic mass is 10.0. The summed E-state index contributed by atoms with van der Waals surface area (Å²) in [7, 11) is 0. The number of thiophene rings is 1. The van der Waals surface area contributed by atoms with Crippen LogP contribution in [0.25, 0.3) is 11.1 Å². The summed E-state index contributed by atoms with van der Waals surface area (Å²) in [5, 5.41) is 1.28. The Labute approximate surface area is 121 Å². The lowest BCUT2D eigenvalue weighted by molar-refractivity contribution is 0.0531. The Morgan fingerprint density at radius 1 is 1.37 bits per heavy atom. The van der Waals surface area contributed by atoms with E-state index in [4.69, 9.17) is 22.1 Å². The fourth-order valence-corrected chi connectivity index (χ4v) is 3.02. The number of halogens is 1. The van der Waals surface area contributed by atoms with E-state index >= 15 is 0 Å². The predicted molar refractivity (Wildman–Crippen MR) is 79.9 cm³/mol. The predicted octanol–water partition coefficient (Wildman–Crippen LogP) is 4.14. The van der Waals surface area contributed by atoms with Crippen LogP contribution in [0, 0.1) is 6.92 Å². The van der Waals surface area contributed by atoms with E-state index in [-0.39, 0.29) is 5.97 Å². The Morgan fingerprint density at radius 3 is 2.58 bits per heavy atom. The van der Waals surface area contributed by atoms with Crippen molar-refractivity contribution in [1.82, 2.24) is 0 Å². The molecule has 0 saturated carbocycles. The Bertz CT molecular complexity index is 605. The van der Waals surface area contributed by atoms with Crippen LogP contribution in [0.4, 0.5) is 5.00 Å². The average Bonchev–Trinajstić information content (AvgIpc) is 2.67. The van der Waals surface area contributed by atoms with Crippen molar-refractivity contribution in [3.8, 4) is 11.1 Å². The molecule has 0 atom stereocenters. The first-order valence-electron chi connectivity index (χ1n) is 5.86. The van der Waals surface area contributed by atoms with Crippen molar-refractivity contribution >= 4 is 33.9 Å². The van der Waals surface area contributed by atoms with Crippen LogP contribution in [-0.4, -0.2) is 12.6 Å². The van der Waals surface area contributed by atoms with Crippen molar-refractivity contribution in [2.24, 2.45) is 0 Å². The Balaban J connectivity index is 2.47. The van der Waals surface area contributed by atoms with Crippen LogP contribution < -0.4 is 5.73 Å². The molecule has 0 aliphatic heterocycles. The summed E-state index contributed by atoms with van der Waals surface area (Å²) in [6.07, 6.45) is 0. The summed E-state index contributed by atoms with van der Waals surface area (Å²) in [4.78, 5) is 12.4. The molecule has 0 amide bonds. The van der Waals surface area contributed by atoms with Gasteiger partial charge in [-0.3, -0.25) is 0 Å². The van der Waals surface area contributed by atoms with Gasteiger partial charge in [-0.05, 0) is 37.1 Å².